The summed E-state index contributed by atoms with van der Waals surface area (Å²) >= 11 is 0. The van der Waals surface area contributed by atoms with Crippen molar-refractivity contribution < 1.29 is 14.3 Å². The largest absolute Gasteiger partial charge is 0.624 e. The van der Waals surface area contributed by atoms with E-state index < -0.39 is 5.97 Å². The Morgan fingerprint density at radius 2 is 2.11 bits per heavy atom. The Morgan fingerprint density at radius 3 is 2.22 bits per heavy atom. The Kier molecular flexibility index (Phi) is 2.70. The van der Waals surface area contributed by atoms with Crippen LogP contribution in [0.1, 0.15) is 6.92 Å². The van der Waals surface area contributed by atoms with Gasteiger partial charge in [-0.3, -0.25) is 0 Å². The van der Waals surface area contributed by atoms with Gasteiger partial charge in [-0.1, -0.05) is 0 Å². The third-order valence-electron chi connectivity index (χ3n) is 0.953. The molecule has 0 aromatic heterocycles. The summed E-state index contributed by atoms with van der Waals surface area (Å²) in [5, 5.41) is 10.3. The number of carbonyl (C=O) groups excluding carboxylic acids is 1. The van der Waals surface area contributed by atoms with Crippen LogP contribution in [0.5, 0.6) is 0 Å². The maximum Gasteiger partial charge on any atom is 0.399 e. The number of carbonyl (C=O) groups is 1. The molecule has 0 aliphatic rings. The van der Waals surface area contributed by atoms with Crippen LogP contribution in [-0.2, 0) is 9.53 Å². The van der Waals surface area contributed by atoms with Crippen molar-refractivity contribution in [3.8, 4) is 0 Å². The van der Waals surface area contributed by atoms with E-state index in [1.807, 2.05) is 0 Å². The number of rotatable bonds is 1. The molecule has 0 spiro atoms. The molecule has 0 radical (unpaired) electrons. The molecule has 4 heteroatoms. The smallest absolute Gasteiger partial charge is 0.399 e. The van der Waals surface area contributed by atoms with Crippen molar-refractivity contribution in [1.29, 1.82) is 0 Å². The van der Waals surface area contributed by atoms with Crippen LogP contribution < -0.4 is 0 Å². The first-order valence-corrected chi connectivity index (χ1v) is 2.42. The minimum absolute atomic E-state index is 0.0532. The first kappa shape index (κ1) is 7.94. The monoisotopic (exact) mass is 131 g/mol. The van der Waals surface area contributed by atoms with Gasteiger partial charge in [-0.05, 0) is 0 Å². The molecule has 0 saturated heterocycles. The van der Waals surface area contributed by atoms with Crippen LogP contribution in [0, 0.1) is 5.21 Å². The molecule has 0 N–H and O–H groups in total. The van der Waals surface area contributed by atoms with Gasteiger partial charge in [0.05, 0.1) is 7.11 Å². The molecule has 0 unspecified atom stereocenters. The Morgan fingerprint density at radius 1 is 1.67 bits per heavy atom. The normalized spacial score (nSPS) is 12.3. The second kappa shape index (κ2) is 3.06. The highest BCUT2D eigenvalue weighted by atomic mass is 16.5. The third-order valence-corrected chi connectivity index (χ3v) is 0.953. The van der Waals surface area contributed by atoms with Gasteiger partial charge in [-0.15, -0.1) is 0 Å². The van der Waals surface area contributed by atoms with Gasteiger partial charge in [0.2, 0.25) is 0 Å². The number of esters is 1. The lowest BCUT2D eigenvalue weighted by Gasteiger charge is -1.98. The number of nitrogens with zero attached hydrogens (tertiary/aromatic N) is 1. The van der Waals surface area contributed by atoms with Gasteiger partial charge in [0.15, 0.2) is 0 Å². The van der Waals surface area contributed by atoms with E-state index in [0.29, 0.717) is 4.74 Å². The summed E-state index contributed by atoms with van der Waals surface area (Å²) in [6.07, 6.45) is 0. The van der Waals surface area contributed by atoms with Crippen LogP contribution >= 0.6 is 0 Å². The molecule has 0 aliphatic heterocycles. The standard InChI is InChI=1S/C5H9NO3/c1-4(6(2)8)5(7)9-3/h1-3H3/b6-4-. The molecule has 0 rings (SSSR count). The van der Waals surface area contributed by atoms with Gasteiger partial charge in [-0.2, -0.15) is 0 Å². The molecule has 52 valence electrons. The number of hydroxylamine groups is 1. The summed E-state index contributed by atoms with van der Waals surface area (Å²) in [7, 11) is 2.47. The number of hydrogen-bond acceptors (Lipinski definition) is 3. The van der Waals surface area contributed by atoms with Crippen LogP contribution in [0.25, 0.3) is 0 Å². The average molecular weight is 131 g/mol. The van der Waals surface area contributed by atoms with Gasteiger partial charge >= 0.3 is 5.97 Å². The van der Waals surface area contributed by atoms with Gasteiger partial charge in [0, 0.05) is 6.92 Å². The van der Waals surface area contributed by atoms with E-state index in [2.05, 4.69) is 4.74 Å². The van der Waals surface area contributed by atoms with Crippen LogP contribution in [0.3, 0.4) is 0 Å². The zero-order chi connectivity index (χ0) is 7.44. The lowest BCUT2D eigenvalue weighted by atomic mass is 10.4. The van der Waals surface area contributed by atoms with E-state index in [1.54, 1.807) is 0 Å². The first-order chi connectivity index (χ1) is 4.09. The van der Waals surface area contributed by atoms with Crippen LogP contribution in [0.2, 0.25) is 0 Å². The highest BCUT2D eigenvalue weighted by molar-refractivity contribution is 6.33. The molecule has 0 aromatic rings. The van der Waals surface area contributed by atoms with Crippen molar-refractivity contribution in [1.82, 2.24) is 0 Å². The van der Waals surface area contributed by atoms with Gasteiger partial charge in [-0.25, -0.2) is 9.53 Å². The first-order valence-electron chi connectivity index (χ1n) is 2.42. The molecule has 0 fully saturated rings. The molecular formula is C5H9NO3. The summed E-state index contributed by atoms with van der Waals surface area (Å²) in [6.45, 7) is 1.40. The lowest BCUT2D eigenvalue weighted by Crippen LogP contribution is -2.20. The van der Waals surface area contributed by atoms with Crippen molar-refractivity contribution in [3.63, 3.8) is 0 Å². The van der Waals surface area contributed by atoms with Gasteiger partial charge in [0.25, 0.3) is 5.71 Å². The Hall–Kier alpha value is -1.06. The van der Waals surface area contributed by atoms with Gasteiger partial charge < -0.3 is 9.94 Å². The summed E-state index contributed by atoms with van der Waals surface area (Å²) < 4.78 is 4.72. The fraction of sp³-hybridized carbons (Fsp3) is 0.600. The zero-order valence-corrected chi connectivity index (χ0v) is 5.67. The van der Waals surface area contributed by atoms with E-state index in [1.165, 1.54) is 21.1 Å². The van der Waals surface area contributed by atoms with Crippen molar-refractivity contribution in [3.05, 3.63) is 5.21 Å². The van der Waals surface area contributed by atoms with Crippen molar-refractivity contribution >= 4 is 11.7 Å². The molecule has 0 amide bonds. The zero-order valence-electron chi connectivity index (χ0n) is 5.67. The number of methoxy groups -OCH3 is 1. The maximum absolute atomic E-state index is 10.5. The molecule has 0 heterocycles. The fourth-order valence-electron chi connectivity index (χ4n) is 0.276. The average Bonchev–Trinajstić information content (AvgIpc) is 1.84. The SMILES string of the molecule is COC(=O)/C(C)=[N+](/C)[O-]. The summed E-state index contributed by atoms with van der Waals surface area (Å²) in [4.78, 5) is 10.5. The maximum atomic E-state index is 10.5. The van der Waals surface area contributed by atoms with Crippen molar-refractivity contribution in [2.75, 3.05) is 14.2 Å². The minimum Gasteiger partial charge on any atom is -0.624 e. The number of ether oxygens (including phenoxy) is 1. The Balaban J connectivity index is 4.21. The van der Waals surface area contributed by atoms with Crippen LogP contribution in [-0.4, -0.2) is 30.6 Å². The second-order valence-electron chi connectivity index (χ2n) is 1.57. The molecule has 0 bridgehead atoms. The third kappa shape index (κ3) is 2.12. The Labute approximate surface area is 53.3 Å². The minimum atomic E-state index is -0.590. The summed E-state index contributed by atoms with van der Waals surface area (Å²) in [5.41, 5.74) is 0.0532. The molecule has 0 saturated carbocycles. The predicted molar refractivity (Wildman–Crippen MR) is 32.2 cm³/mol. The molecular weight excluding hydrogens is 122 g/mol. The quantitative estimate of drug-likeness (QED) is 0.162. The second-order valence-corrected chi connectivity index (χ2v) is 1.57. The van der Waals surface area contributed by atoms with Crippen LogP contribution in [0.15, 0.2) is 0 Å². The van der Waals surface area contributed by atoms with E-state index in [-0.39, 0.29) is 5.71 Å². The van der Waals surface area contributed by atoms with E-state index in [4.69, 9.17) is 0 Å². The van der Waals surface area contributed by atoms with Crippen molar-refractivity contribution in [2.24, 2.45) is 0 Å². The predicted octanol–water partition coefficient (Wildman–Crippen LogP) is -0.240. The molecule has 0 aromatic carbocycles. The molecule has 0 atom stereocenters. The van der Waals surface area contributed by atoms with E-state index in [0.717, 1.165) is 0 Å². The summed E-state index contributed by atoms with van der Waals surface area (Å²) in [5.74, 6) is -0.590. The van der Waals surface area contributed by atoms with Crippen LogP contribution in [0.4, 0.5) is 0 Å². The molecule has 0 aliphatic carbocycles. The number of hydrogen-bond donors (Lipinski definition) is 0. The fourth-order valence-corrected chi connectivity index (χ4v) is 0.276. The van der Waals surface area contributed by atoms with E-state index in [9.17, 15) is 10.0 Å². The highest BCUT2D eigenvalue weighted by Crippen LogP contribution is 1.78. The Bertz CT molecular complexity index is 146. The van der Waals surface area contributed by atoms with Crippen molar-refractivity contribution in [2.45, 2.75) is 6.92 Å². The highest BCUT2D eigenvalue weighted by Gasteiger charge is 2.10. The topological polar surface area (TPSA) is 52.4 Å². The van der Waals surface area contributed by atoms with Gasteiger partial charge in [0.1, 0.15) is 7.05 Å². The molecule has 9 heavy (non-hydrogen) atoms. The summed E-state index contributed by atoms with van der Waals surface area (Å²) in [6, 6.07) is 0. The van der Waals surface area contributed by atoms with E-state index >= 15 is 0 Å². The lowest BCUT2D eigenvalue weighted by molar-refractivity contribution is -0.422. The molecule has 4 nitrogen and oxygen atoms in total.